The second-order valence-corrected chi connectivity index (χ2v) is 6.24. The van der Waals surface area contributed by atoms with E-state index in [0.717, 1.165) is 12.8 Å². The van der Waals surface area contributed by atoms with Crippen LogP contribution in [0.4, 0.5) is 0 Å². The van der Waals surface area contributed by atoms with Crippen LogP contribution >= 0.6 is 0 Å². The first-order chi connectivity index (χ1) is 8.02. The van der Waals surface area contributed by atoms with Crippen LogP contribution in [0.1, 0.15) is 53.4 Å². The minimum Gasteiger partial charge on any atom is -0.374 e. The highest BCUT2D eigenvalue weighted by molar-refractivity contribution is 5.09. The van der Waals surface area contributed by atoms with Crippen molar-refractivity contribution in [2.75, 3.05) is 0 Å². The van der Waals surface area contributed by atoms with Crippen molar-refractivity contribution in [2.45, 2.75) is 65.6 Å². The summed E-state index contributed by atoms with van der Waals surface area (Å²) < 4.78 is 6.33. The van der Waals surface area contributed by atoms with Gasteiger partial charge in [0, 0.05) is 0 Å². The molecule has 0 saturated heterocycles. The number of hydrogen-bond donors (Lipinski definition) is 0. The van der Waals surface area contributed by atoms with Gasteiger partial charge in [-0.25, -0.2) is 0 Å². The third kappa shape index (κ3) is 3.70. The van der Waals surface area contributed by atoms with Gasteiger partial charge in [0.1, 0.15) is 0 Å². The Labute approximate surface area is 106 Å². The van der Waals surface area contributed by atoms with E-state index in [1.807, 2.05) is 0 Å². The zero-order valence-electron chi connectivity index (χ0n) is 11.7. The molecule has 0 saturated carbocycles. The topological polar surface area (TPSA) is 9.23 Å². The van der Waals surface area contributed by atoms with Crippen molar-refractivity contribution in [3.8, 4) is 0 Å². The maximum absolute atomic E-state index is 6.33. The fourth-order valence-corrected chi connectivity index (χ4v) is 3.44. The molecule has 0 aromatic carbocycles. The predicted octanol–water partition coefficient (Wildman–Crippen LogP) is 4.49. The van der Waals surface area contributed by atoms with Gasteiger partial charge in [-0.2, -0.15) is 0 Å². The average Bonchev–Trinajstić information content (AvgIpc) is 2.13. The summed E-state index contributed by atoms with van der Waals surface area (Å²) in [4.78, 5) is 0. The van der Waals surface area contributed by atoms with Gasteiger partial charge in [0.05, 0.1) is 12.2 Å². The second-order valence-electron chi connectivity index (χ2n) is 6.24. The Balaban J connectivity index is 1.90. The van der Waals surface area contributed by atoms with Crippen molar-refractivity contribution >= 4 is 0 Å². The monoisotopic (exact) mass is 234 g/mol. The molecular formula is C16H26O. The molecule has 17 heavy (non-hydrogen) atoms. The van der Waals surface area contributed by atoms with E-state index in [0.29, 0.717) is 24.0 Å². The fourth-order valence-electron chi connectivity index (χ4n) is 3.44. The summed E-state index contributed by atoms with van der Waals surface area (Å²) in [7, 11) is 0. The summed E-state index contributed by atoms with van der Waals surface area (Å²) in [6.07, 6.45) is 10.4. The van der Waals surface area contributed by atoms with Crippen LogP contribution in [-0.4, -0.2) is 12.2 Å². The van der Waals surface area contributed by atoms with E-state index < -0.39 is 0 Å². The molecule has 1 heteroatoms. The summed E-state index contributed by atoms with van der Waals surface area (Å²) in [6, 6.07) is 0. The van der Waals surface area contributed by atoms with Crippen LogP contribution in [0.5, 0.6) is 0 Å². The first-order valence-electron chi connectivity index (χ1n) is 7.03. The van der Waals surface area contributed by atoms with Gasteiger partial charge in [-0.3, -0.25) is 0 Å². The van der Waals surface area contributed by atoms with Crippen LogP contribution in [0.3, 0.4) is 0 Å². The van der Waals surface area contributed by atoms with Crippen LogP contribution in [0, 0.1) is 11.8 Å². The Kier molecular flexibility index (Phi) is 4.09. The van der Waals surface area contributed by atoms with Crippen molar-refractivity contribution < 1.29 is 4.74 Å². The van der Waals surface area contributed by atoms with Gasteiger partial charge in [0.2, 0.25) is 0 Å². The average molecular weight is 234 g/mol. The molecule has 96 valence electrons. The molecule has 4 atom stereocenters. The van der Waals surface area contributed by atoms with E-state index in [2.05, 4.69) is 39.8 Å². The molecule has 2 rings (SSSR count). The minimum absolute atomic E-state index is 0.457. The molecule has 1 nitrogen and oxygen atoms in total. The van der Waals surface area contributed by atoms with Crippen LogP contribution in [0.15, 0.2) is 23.3 Å². The van der Waals surface area contributed by atoms with Crippen LogP contribution in [-0.2, 0) is 4.74 Å². The summed E-state index contributed by atoms with van der Waals surface area (Å²) in [5.41, 5.74) is 3.01. The van der Waals surface area contributed by atoms with Gasteiger partial charge >= 0.3 is 0 Å². The molecule has 4 unspecified atom stereocenters. The molecule has 0 spiro atoms. The van der Waals surface area contributed by atoms with Gasteiger partial charge in [-0.1, -0.05) is 37.1 Å². The molecule has 2 aliphatic rings. The lowest BCUT2D eigenvalue weighted by atomic mass is 9.88. The van der Waals surface area contributed by atoms with E-state index in [1.165, 1.54) is 24.0 Å². The van der Waals surface area contributed by atoms with Crippen LogP contribution < -0.4 is 0 Å². The SMILES string of the molecule is CC1=CC(C)CC(OC2CC(C)=CC(C)C2)C1. The standard InChI is InChI=1S/C16H26O/c1-11-5-12(2)8-15(7-11)17-16-9-13(3)6-14(4)10-16/h5-6,11,13,15-16H,7-10H2,1-4H3. The smallest absolute Gasteiger partial charge is 0.0621 e. The molecule has 0 radical (unpaired) electrons. The molecule has 0 aromatic rings. The lowest BCUT2D eigenvalue weighted by Crippen LogP contribution is -2.29. The first kappa shape index (κ1) is 12.9. The normalized spacial score (nSPS) is 38.6. The summed E-state index contributed by atoms with van der Waals surface area (Å²) >= 11 is 0. The maximum atomic E-state index is 6.33. The highest BCUT2D eigenvalue weighted by atomic mass is 16.5. The zero-order chi connectivity index (χ0) is 12.4. The van der Waals surface area contributed by atoms with Crippen molar-refractivity contribution in [3.05, 3.63) is 23.3 Å². The molecule has 0 amide bonds. The summed E-state index contributed by atoms with van der Waals surface area (Å²) in [5, 5.41) is 0. The molecule has 0 bridgehead atoms. The molecular weight excluding hydrogens is 208 g/mol. The quantitative estimate of drug-likeness (QED) is 0.639. The van der Waals surface area contributed by atoms with Gasteiger partial charge in [-0.05, 0) is 51.4 Å². The molecule has 0 fully saturated rings. The van der Waals surface area contributed by atoms with Gasteiger partial charge in [0.15, 0.2) is 0 Å². The Hall–Kier alpha value is -0.560. The minimum atomic E-state index is 0.457. The number of rotatable bonds is 2. The van der Waals surface area contributed by atoms with E-state index in [-0.39, 0.29) is 0 Å². The van der Waals surface area contributed by atoms with E-state index in [1.54, 1.807) is 0 Å². The molecule has 2 aliphatic carbocycles. The third-order valence-electron chi connectivity index (χ3n) is 3.89. The first-order valence-corrected chi connectivity index (χ1v) is 7.03. The van der Waals surface area contributed by atoms with Gasteiger partial charge < -0.3 is 4.74 Å². The predicted molar refractivity (Wildman–Crippen MR) is 73.0 cm³/mol. The largest absolute Gasteiger partial charge is 0.374 e. The van der Waals surface area contributed by atoms with E-state index >= 15 is 0 Å². The van der Waals surface area contributed by atoms with Crippen molar-refractivity contribution in [3.63, 3.8) is 0 Å². The Morgan fingerprint density at radius 3 is 1.65 bits per heavy atom. The summed E-state index contributed by atoms with van der Waals surface area (Å²) in [5.74, 6) is 1.37. The molecule has 0 aliphatic heterocycles. The number of allylic oxidation sites excluding steroid dienone is 2. The van der Waals surface area contributed by atoms with Crippen LogP contribution in [0.2, 0.25) is 0 Å². The molecule has 0 N–H and O–H groups in total. The Morgan fingerprint density at radius 1 is 0.882 bits per heavy atom. The van der Waals surface area contributed by atoms with Gasteiger partial charge in [0.25, 0.3) is 0 Å². The third-order valence-corrected chi connectivity index (χ3v) is 3.89. The fraction of sp³-hybridized carbons (Fsp3) is 0.750. The lowest BCUT2D eigenvalue weighted by molar-refractivity contribution is -0.0328. The summed E-state index contributed by atoms with van der Waals surface area (Å²) in [6.45, 7) is 9.07. The van der Waals surface area contributed by atoms with Crippen molar-refractivity contribution in [1.29, 1.82) is 0 Å². The Bertz CT molecular complexity index is 294. The maximum Gasteiger partial charge on any atom is 0.0621 e. The van der Waals surface area contributed by atoms with E-state index in [9.17, 15) is 0 Å². The van der Waals surface area contributed by atoms with Gasteiger partial charge in [-0.15, -0.1) is 0 Å². The van der Waals surface area contributed by atoms with Crippen molar-refractivity contribution in [2.24, 2.45) is 11.8 Å². The van der Waals surface area contributed by atoms with E-state index in [4.69, 9.17) is 4.74 Å². The number of hydrogen-bond acceptors (Lipinski definition) is 1. The van der Waals surface area contributed by atoms with Crippen LogP contribution in [0.25, 0.3) is 0 Å². The number of ether oxygens (including phenoxy) is 1. The molecule has 0 heterocycles. The zero-order valence-corrected chi connectivity index (χ0v) is 11.7. The van der Waals surface area contributed by atoms with Crippen molar-refractivity contribution in [1.82, 2.24) is 0 Å². The second kappa shape index (κ2) is 5.39. The lowest BCUT2D eigenvalue weighted by Gasteiger charge is -2.32. The highest BCUT2D eigenvalue weighted by Gasteiger charge is 2.25. The molecule has 0 aromatic heterocycles. The highest BCUT2D eigenvalue weighted by Crippen LogP contribution is 2.31. The Morgan fingerprint density at radius 2 is 1.29 bits per heavy atom.